The lowest BCUT2D eigenvalue weighted by Gasteiger charge is -2.04. The van der Waals surface area contributed by atoms with Crippen LogP contribution in [0, 0.1) is 13.8 Å². The molecule has 0 aliphatic heterocycles. The van der Waals surface area contributed by atoms with Crippen LogP contribution in [0.2, 0.25) is 0 Å². The zero-order chi connectivity index (χ0) is 17.3. The van der Waals surface area contributed by atoms with E-state index in [1.807, 2.05) is 18.2 Å². The first-order chi connectivity index (χ1) is 11.4. The summed E-state index contributed by atoms with van der Waals surface area (Å²) in [7, 11) is 0. The molecule has 2 heterocycles. The Balaban J connectivity index is 1.62. The van der Waals surface area contributed by atoms with Crippen LogP contribution in [0.1, 0.15) is 21.8 Å². The molecule has 0 aliphatic rings. The number of aromatic nitrogens is 2. The van der Waals surface area contributed by atoms with E-state index in [9.17, 15) is 9.59 Å². The molecule has 0 saturated heterocycles. The van der Waals surface area contributed by atoms with Gasteiger partial charge in [-0.2, -0.15) is 0 Å². The quantitative estimate of drug-likeness (QED) is 0.662. The van der Waals surface area contributed by atoms with Gasteiger partial charge in [-0.05, 0) is 32.0 Å². The summed E-state index contributed by atoms with van der Waals surface area (Å²) < 4.78 is 11.8. The monoisotopic (exact) mass is 409 g/mol. The molecule has 1 amide bonds. The van der Waals surface area contributed by atoms with Gasteiger partial charge >= 0.3 is 5.97 Å². The number of ether oxygens (including phenoxy) is 1. The lowest BCUT2D eigenvalue weighted by molar-refractivity contribution is -0.119. The Bertz CT molecular complexity index is 915. The number of amides is 1. The Hall–Kier alpha value is -2.26. The topological polar surface area (TPSA) is 94.3 Å². The molecule has 2 aromatic heterocycles. The first-order valence-corrected chi connectivity index (χ1v) is 8.51. The highest BCUT2D eigenvalue weighted by molar-refractivity contribution is 9.10. The van der Waals surface area contributed by atoms with Crippen molar-refractivity contribution in [1.29, 1.82) is 0 Å². The van der Waals surface area contributed by atoms with Gasteiger partial charge < -0.3 is 9.26 Å². The third kappa shape index (κ3) is 3.46. The maximum absolute atomic E-state index is 12.0. The number of nitrogens with zero attached hydrogens (tertiary/aromatic N) is 2. The standard InChI is InChI=1S/C15H12BrN3O4S/c1-7-13(8(2)23-19-7)14(21)22-6-12(20)18-15-17-10-4-3-9(16)5-11(10)24-15/h3-5H,6H2,1-2H3,(H,17,18,20). The molecule has 0 unspecified atom stereocenters. The number of thiazole rings is 1. The number of anilines is 1. The molecular weight excluding hydrogens is 398 g/mol. The lowest BCUT2D eigenvalue weighted by Crippen LogP contribution is -2.21. The molecule has 3 aromatic rings. The van der Waals surface area contributed by atoms with Crippen LogP contribution in [-0.2, 0) is 9.53 Å². The molecule has 1 aromatic carbocycles. The highest BCUT2D eigenvalue weighted by Gasteiger charge is 2.20. The SMILES string of the molecule is Cc1noc(C)c1C(=O)OCC(=O)Nc1nc2ccc(Br)cc2s1. The van der Waals surface area contributed by atoms with Crippen molar-refractivity contribution in [3.63, 3.8) is 0 Å². The average molecular weight is 410 g/mol. The third-order valence-electron chi connectivity index (χ3n) is 3.17. The van der Waals surface area contributed by atoms with Gasteiger partial charge in [0.2, 0.25) is 0 Å². The molecule has 0 radical (unpaired) electrons. The van der Waals surface area contributed by atoms with E-state index in [-0.39, 0.29) is 5.56 Å². The van der Waals surface area contributed by atoms with Crippen LogP contribution in [0.3, 0.4) is 0 Å². The summed E-state index contributed by atoms with van der Waals surface area (Å²) in [5.41, 5.74) is 1.45. The number of benzene rings is 1. The van der Waals surface area contributed by atoms with Gasteiger partial charge in [-0.25, -0.2) is 9.78 Å². The maximum atomic E-state index is 12.0. The number of carbonyl (C=O) groups is 2. The van der Waals surface area contributed by atoms with Crippen LogP contribution < -0.4 is 5.32 Å². The Kier molecular flexibility index (Phi) is 4.63. The minimum Gasteiger partial charge on any atom is -0.452 e. The first kappa shape index (κ1) is 16.6. The van der Waals surface area contributed by atoms with Crippen molar-refractivity contribution in [2.75, 3.05) is 11.9 Å². The number of carbonyl (C=O) groups excluding carboxylic acids is 2. The lowest BCUT2D eigenvalue weighted by atomic mass is 10.2. The summed E-state index contributed by atoms with van der Waals surface area (Å²) in [6.07, 6.45) is 0. The summed E-state index contributed by atoms with van der Waals surface area (Å²) in [6, 6.07) is 5.64. The minimum atomic E-state index is -0.644. The summed E-state index contributed by atoms with van der Waals surface area (Å²) in [5, 5.41) is 6.74. The fourth-order valence-electron chi connectivity index (χ4n) is 2.08. The number of hydrogen-bond donors (Lipinski definition) is 1. The van der Waals surface area contributed by atoms with Gasteiger partial charge in [0.15, 0.2) is 11.7 Å². The van der Waals surface area contributed by atoms with E-state index >= 15 is 0 Å². The molecule has 0 spiro atoms. The van der Waals surface area contributed by atoms with Crippen molar-refractivity contribution >= 4 is 54.5 Å². The molecule has 0 bridgehead atoms. The fraction of sp³-hybridized carbons (Fsp3) is 0.200. The number of esters is 1. The van der Waals surface area contributed by atoms with Crippen LogP contribution in [0.5, 0.6) is 0 Å². The number of nitrogens with one attached hydrogen (secondary N) is 1. The van der Waals surface area contributed by atoms with Gasteiger partial charge in [0, 0.05) is 4.47 Å². The maximum Gasteiger partial charge on any atom is 0.344 e. The largest absolute Gasteiger partial charge is 0.452 e. The molecule has 1 N–H and O–H groups in total. The van der Waals surface area contributed by atoms with Crippen LogP contribution in [-0.4, -0.2) is 28.6 Å². The Morgan fingerprint density at radius 1 is 1.38 bits per heavy atom. The van der Waals surface area contributed by atoms with Crippen LogP contribution in [0.25, 0.3) is 10.2 Å². The van der Waals surface area contributed by atoms with E-state index in [0.29, 0.717) is 16.6 Å². The van der Waals surface area contributed by atoms with E-state index < -0.39 is 18.5 Å². The minimum absolute atomic E-state index is 0.243. The van der Waals surface area contributed by atoms with Crippen molar-refractivity contribution in [3.8, 4) is 0 Å². The molecule has 0 fully saturated rings. The second-order valence-corrected chi connectivity index (χ2v) is 6.90. The Morgan fingerprint density at radius 3 is 2.88 bits per heavy atom. The number of aryl methyl sites for hydroxylation is 2. The van der Waals surface area contributed by atoms with Gasteiger partial charge in [-0.3, -0.25) is 10.1 Å². The molecular formula is C15H12BrN3O4S. The second-order valence-electron chi connectivity index (χ2n) is 4.95. The fourth-order valence-corrected chi connectivity index (χ4v) is 3.52. The third-order valence-corrected chi connectivity index (χ3v) is 4.60. The van der Waals surface area contributed by atoms with Crippen LogP contribution >= 0.6 is 27.3 Å². The molecule has 124 valence electrons. The summed E-state index contributed by atoms with van der Waals surface area (Å²) in [4.78, 5) is 28.2. The zero-order valence-electron chi connectivity index (χ0n) is 12.8. The van der Waals surface area contributed by atoms with Gasteiger partial charge in [0.05, 0.1) is 15.9 Å². The normalized spacial score (nSPS) is 10.8. The zero-order valence-corrected chi connectivity index (χ0v) is 15.2. The van der Waals surface area contributed by atoms with Gasteiger partial charge in [0.1, 0.15) is 11.3 Å². The molecule has 0 aliphatic carbocycles. The van der Waals surface area contributed by atoms with E-state index in [1.54, 1.807) is 13.8 Å². The Labute approximate surface area is 149 Å². The highest BCUT2D eigenvalue weighted by Crippen LogP contribution is 2.28. The molecule has 9 heteroatoms. The van der Waals surface area contributed by atoms with E-state index in [4.69, 9.17) is 9.26 Å². The van der Waals surface area contributed by atoms with E-state index in [1.165, 1.54) is 11.3 Å². The number of fused-ring (bicyclic) bond motifs is 1. The molecule has 0 saturated carbocycles. The van der Waals surface area contributed by atoms with Crippen molar-refractivity contribution < 1.29 is 18.8 Å². The number of hydrogen-bond acceptors (Lipinski definition) is 7. The van der Waals surface area contributed by atoms with Crippen molar-refractivity contribution in [2.45, 2.75) is 13.8 Å². The Morgan fingerprint density at radius 2 is 2.17 bits per heavy atom. The van der Waals surface area contributed by atoms with Crippen molar-refractivity contribution in [2.24, 2.45) is 0 Å². The molecule has 7 nitrogen and oxygen atoms in total. The molecule has 3 rings (SSSR count). The van der Waals surface area contributed by atoms with Crippen LogP contribution in [0.15, 0.2) is 27.2 Å². The number of halogens is 1. The molecule has 0 atom stereocenters. The smallest absolute Gasteiger partial charge is 0.344 e. The van der Waals surface area contributed by atoms with Gasteiger partial charge in [-0.15, -0.1) is 0 Å². The van der Waals surface area contributed by atoms with Crippen molar-refractivity contribution in [3.05, 3.63) is 39.7 Å². The highest BCUT2D eigenvalue weighted by atomic mass is 79.9. The van der Waals surface area contributed by atoms with Gasteiger partial charge in [0.25, 0.3) is 5.91 Å². The first-order valence-electron chi connectivity index (χ1n) is 6.90. The van der Waals surface area contributed by atoms with E-state index in [2.05, 4.69) is 31.4 Å². The second kappa shape index (κ2) is 6.70. The predicted molar refractivity (Wildman–Crippen MR) is 92.2 cm³/mol. The summed E-state index contributed by atoms with van der Waals surface area (Å²) in [6.45, 7) is 2.82. The van der Waals surface area contributed by atoms with E-state index in [0.717, 1.165) is 14.7 Å². The predicted octanol–water partition coefficient (Wildman–Crippen LogP) is 3.46. The summed E-state index contributed by atoms with van der Waals surface area (Å²) in [5.74, 6) is -0.752. The molecule has 24 heavy (non-hydrogen) atoms. The van der Waals surface area contributed by atoms with Crippen molar-refractivity contribution in [1.82, 2.24) is 10.1 Å². The van der Waals surface area contributed by atoms with Gasteiger partial charge in [-0.1, -0.05) is 32.4 Å². The summed E-state index contributed by atoms with van der Waals surface area (Å²) >= 11 is 4.72. The number of rotatable bonds is 4. The average Bonchev–Trinajstić information content (AvgIpc) is 3.07. The van der Waals surface area contributed by atoms with Crippen LogP contribution in [0.4, 0.5) is 5.13 Å².